The van der Waals surface area contributed by atoms with Gasteiger partial charge in [-0.2, -0.15) is 4.99 Å². The summed E-state index contributed by atoms with van der Waals surface area (Å²) < 4.78 is 0.984. The van der Waals surface area contributed by atoms with Gasteiger partial charge in [0.2, 0.25) is 0 Å². The molecule has 0 saturated heterocycles. The monoisotopic (exact) mass is 293 g/mol. The Hall–Kier alpha value is -1.36. The highest BCUT2D eigenvalue weighted by molar-refractivity contribution is 9.10. The molecule has 1 unspecified atom stereocenters. The Bertz CT molecular complexity index is 510. The van der Waals surface area contributed by atoms with E-state index in [1.54, 1.807) is 4.90 Å². The van der Waals surface area contributed by atoms with Crippen molar-refractivity contribution in [1.29, 1.82) is 0 Å². The van der Waals surface area contributed by atoms with Crippen molar-refractivity contribution in [1.82, 2.24) is 4.90 Å². The Kier molecular flexibility index (Phi) is 2.43. The number of hydrogen-bond acceptors (Lipinski definition) is 2. The summed E-state index contributed by atoms with van der Waals surface area (Å²) in [6.07, 6.45) is 2.11. The third-order valence-corrected chi connectivity index (χ3v) is 3.60. The SMILES string of the molecule is NC1=NC(=O)N(C2CC2)C1c1cccc(Br)c1. The maximum Gasteiger partial charge on any atom is 0.346 e. The van der Waals surface area contributed by atoms with Gasteiger partial charge < -0.3 is 10.6 Å². The van der Waals surface area contributed by atoms with Crippen LogP contribution in [-0.2, 0) is 0 Å². The molecular formula is C12H12BrN3O. The smallest absolute Gasteiger partial charge is 0.346 e. The summed E-state index contributed by atoms with van der Waals surface area (Å²) >= 11 is 3.43. The Morgan fingerprint density at radius 1 is 1.41 bits per heavy atom. The molecule has 1 atom stereocenters. The average molecular weight is 294 g/mol. The van der Waals surface area contributed by atoms with Crippen molar-refractivity contribution in [2.75, 3.05) is 0 Å². The molecule has 1 heterocycles. The first-order valence-electron chi connectivity index (χ1n) is 5.58. The number of carbonyl (C=O) groups excluding carboxylic acids is 1. The summed E-state index contributed by atoms with van der Waals surface area (Å²) in [6.45, 7) is 0. The van der Waals surface area contributed by atoms with Crippen molar-refractivity contribution < 1.29 is 4.79 Å². The minimum atomic E-state index is -0.199. The molecule has 2 aliphatic rings. The summed E-state index contributed by atoms with van der Waals surface area (Å²) in [4.78, 5) is 17.5. The standard InChI is InChI=1S/C12H12BrN3O/c13-8-3-1-2-7(6-8)10-11(14)15-12(17)16(10)9-4-5-9/h1-3,6,9-10H,4-5H2,(H2,14,15,17). The molecule has 1 aromatic carbocycles. The van der Waals surface area contributed by atoms with E-state index in [2.05, 4.69) is 20.9 Å². The van der Waals surface area contributed by atoms with Crippen molar-refractivity contribution in [3.63, 3.8) is 0 Å². The van der Waals surface area contributed by atoms with Crippen LogP contribution in [0.4, 0.5) is 4.79 Å². The van der Waals surface area contributed by atoms with Crippen LogP contribution in [0, 0.1) is 0 Å². The van der Waals surface area contributed by atoms with E-state index in [1.807, 2.05) is 24.3 Å². The lowest BCUT2D eigenvalue weighted by atomic mass is 10.1. The number of nitrogens with two attached hydrogens (primary N) is 1. The van der Waals surface area contributed by atoms with E-state index in [4.69, 9.17) is 5.73 Å². The molecule has 2 N–H and O–H groups in total. The fraction of sp³-hybridized carbons (Fsp3) is 0.333. The van der Waals surface area contributed by atoms with Crippen LogP contribution in [0.1, 0.15) is 24.4 Å². The van der Waals surface area contributed by atoms with Crippen LogP contribution in [-0.4, -0.2) is 22.8 Å². The topological polar surface area (TPSA) is 58.7 Å². The molecule has 1 fully saturated rings. The largest absolute Gasteiger partial charge is 0.385 e. The quantitative estimate of drug-likeness (QED) is 0.910. The summed E-state index contributed by atoms with van der Waals surface area (Å²) in [6, 6.07) is 7.79. The minimum absolute atomic E-state index is 0.188. The highest BCUT2D eigenvalue weighted by Gasteiger charge is 2.43. The molecule has 88 valence electrons. The molecule has 3 rings (SSSR count). The van der Waals surface area contributed by atoms with Crippen molar-refractivity contribution in [2.45, 2.75) is 24.9 Å². The molecule has 0 aromatic heterocycles. The number of halogens is 1. The number of carbonyl (C=O) groups is 1. The van der Waals surface area contributed by atoms with Crippen molar-refractivity contribution >= 4 is 27.8 Å². The molecule has 5 heteroatoms. The average Bonchev–Trinajstić information content (AvgIpc) is 3.04. The van der Waals surface area contributed by atoms with E-state index in [1.165, 1.54) is 0 Å². The zero-order valence-electron chi connectivity index (χ0n) is 9.14. The molecule has 0 bridgehead atoms. The number of urea groups is 1. The van der Waals surface area contributed by atoms with E-state index < -0.39 is 0 Å². The zero-order valence-corrected chi connectivity index (χ0v) is 10.7. The molecule has 1 aromatic rings. The number of amides is 2. The number of nitrogens with zero attached hydrogens (tertiary/aromatic N) is 2. The Labute approximate surface area is 108 Å². The van der Waals surface area contributed by atoms with Crippen molar-refractivity contribution in [3.8, 4) is 0 Å². The molecule has 4 nitrogen and oxygen atoms in total. The first-order valence-corrected chi connectivity index (χ1v) is 6.38. The van der Waals surface area contributed by atoms with E-state index in [0.29, 0.717) is 11.9 Å². The normalized spacial score (nSPS) is 24.1. The van der Waals surface area contributed by atoms with Crippen molar-refractivity contribution in [3.05, 3.63) is 34.3 Å². The van der Waals surface area contributed by atoms with Gasteiger partial charge in [-0.15, -0.1) is 0 Å². The molecule has 0 spiro atoms. The van der Waals surface area contributed by atoms with Gasteiger partial charge >= 0.3 is 6.03 Å². The van der Waals surface area contributed by atoms with E-state index in [0.717, 1.165) is 22.9 Å². The molecule has 1 aliphatic carbocycles. The summed E-state index contributed by atoms with van der Waals surface area (Å²) in [5.74, 6) is 0.403. The second-order valence-electron chi connectivity index (χ2n) is 4.42. The van der Waals surface area contributed by atoms with Gasteiger partial charge in [0.1, 0.15) is 11.9 Å². The molecular weight excluding hydrogens is 282 g/mol. The van der Waals surface area contributed by atoms with Gasteiger partial charge in [-0.25, -0.2) is 4.79 Å². The lowest BCUT2D eigenvalue weighted by molar-refractivity contribution is 0.203. The third-order valence-electron chi connectivity index (χ3n) is 3.11. The highest BCUT2D eigenvalue weighted by Crippen LogP contribution is 2.38. The Balaban J connectivity index is 1.99. The lowest BCUT2D eigenvalue weighted by Gasteiger charge is -2.24. The van der Waals surface area contributed by atoms with Crippen LogP contribution in [0.3, 0.4) is 0 Å². The second-order valence-corrected chi connectivity index (χ2v) is 5.33. The van der Waals surface area contributed by atoms with Crippen LogP contribution in [0.5, 0.6) is 0 Å². The maximum absolute atomic E-state index is 11.8. The van der Waals surface area contributed by atoms with E-state index >= 15 is 0 Å². The fourth-order valence-corrected chi connectivity index (χ4v) is 2.63. The van der Waals surface area contributed by atoms with Gasteiger partial charge in [0, 0.05) is 10.5 Å². The summed E-state index contributed by atoms with van der Waals surface area (Å²) in [5, 5.41) is 0. The Morgan fingerprint density at radius 3 is 2.82 bits per heavy atom. The number of rotatable bonds is 2. The summed E-state index contributed by atoms with van der Waals surface area (Å²) in [7, 11) is 0. The maximum atomic E-state index is 11.8. The van der Waals surface area contributed by atoms with Crippen molar-refractivity contribution in [2.24, 2.45) is 10.7 Å². The van der Waals surface area contributed by atoms with Gasteiger partial charge in [0.05, 0.1) is 0 Å². The van der Waals surface area contributed by atoms with Gasteiger partial charge in [-0.1, -0.05) is 28.1 Å². The third kappa shape index (κ3) is 1.84. The lowest BCUT2D eigenvalue weighted by Crippen LogP contribution is -2.34. The van der Waals surface area contributed by atoms with Crippen LogP contribution < -0.4 is 5.73 Å². The first-order chi connectivity index (χ1) is 8.16. The number of benzene rings is 1. The fourth-order valence-electron chi connectivity index (χ4n) is 2.21. The van der Waals surface area contributed by atoms with Crippen LogP contribution in [0.25, 0.3) is 0 Å². The van der Waals surface area contributed by atoms with Gasteiger partial charge in [0.25, 0.3) is 0 Å². The number of aliphatic imine (C=N–C) groups is 1. The molecule has 1 saturated carbocycles. The van der Waals surface area contributed by atoms with Crippen LogP contribution in [0.2, 0.25) is 0 Å². The zero-order chi connectivity index (χ0) is 12.0. The minimum Gasteiger partial charge on any atom is -0.385 e. The van der Waals surface area contributed by atoms with Gasteiger partial charge in [-0.3, -0.25) is 0 Å². The molecule has 0 radical (unpaired) electrons. The highest BCUT2D eigenvalue weighted by atomic mass is 79.9. The molecule has 17 heavy (non-hydrogen) atoms. The van der Waals surface area contributed by atoms with Crippen LogP contribution >= 0.6 is 15.9 Å². The first kappa shape index (κ1) is 10.8. The number of hydrogen-bond donors (Lipinski definition) is 1. The second kappa shape index (κ2) is 3.84. The molecule has 2 amide bonds. The van der Waals surface area contributed by atoms with Gasteiger partial charge in [-0.05, 0) is 30.5 Å². The van der Waals surface area contributed by atoms with Gasteiger partial charge in [0.15, 0.2) is 0 Å². The van der Waals surface area contributed by atoms with E-state index in [-0.39, 0.29) is 12.1 Å². The summed E-state index contributed by atoms with van der Waals surface area (Å²) in [5.41, 5.74) is 6.89. The predicted molar refractivity (Wildman–Crippen MR) is 68.8 cm³/mol. The number of amidine groups is 1. The van der Waals surface area contributed by atoms with E-state index in [9.17, 15) is 4.79 Å². The predicted octanol–water partition coefficient (Wildman–Crippen LogP) is 2.45. The van der Waals surface area contributed by atoms with Crippen LogP contribution in [0.15, 0.2) is 33.7 Å². The molecule has 1 aliphatic heterocycles. The Morgan fingerprint density at radius 2 is 2.18 bits per heavy atom.